The molecule has 0 saturated carbocycles. The van der Waals surface area contributed by atoms with Gasteiger partial charge in [0.05, 0.1) is 13.2 Å². The highest BCUT2D eigenvalue weighted by Crippen LogP contribution is 2.35. The predicted molar refractivity (Wildman–Crippen MR) is 97.3 cm³/mol. The summed E-state index contributed by atoms with van der Waals surface area (Å²) in [6.07, 6.45) is 6.06. The van der Waals surface area contributed by atoms with Gasteiger partial charge in [-0.25, -0.2) is 4.79 Å². The van der Waals surface area contributed by atoms with Crippen LogP contribution in [0.5, 0.6) is 5.75 Å². The zero-order chi connectivity index (χ0) is 17.4. The van der Waals surface area contributed by atoms with E-state index in [0.717, 1.165) is 35.6 Å². The SMILES string of the molecule is CCCCCCCC(NC(=O)OC)c1c(O)ccc2ccccc12. The van der Waals surface area contributed by atoms with Crippen LogP contribution in [0.25, 0.3) is 10.8 Å². The smallest absolute Gasteiger partial charge is 0.407 e. The van der Waals surface area contributed by atoms with Gasteiger partial charge in [-0.1, -0.05) is 69.4 Å². The molecule has 0 aliphatic rings. The molecule has 0 saturated heterocycles. The van der Waals surface area contributed by atoms with Gasteiger partial charge in [-0.05, 0) is 23.3 Å². The fourth-order valence-corrected chi connectivity index (χ4v) is 3.09. The van der Waals surface area contributed by atoms with Crippen molar-refractivity contribution in [2.75, 3.05) is 7.11 Å². The van der Waals surface area contributed by atoms with Crippen molar-refractivity contribution in [3.8, 4) is 5.75 Å². The number of phenols is 1. The Hall–Kier alpha value is -2.23. The van der Waals surface area contributed by atoms with Gasteiger partial charge in [0, 0.05) is 5.56 Å². The number of ether oxygens (including phenoxy) is 1. The molecule has 4 heteroatoms. The fourth-order valence-electron chi connectivity index (χ4n) is 3.09. The first-order valence-electron chi connectivity index (χ1n) is 8.72. The van der Waals surface area contributed by atoms with E-state index >= 15 is 0 Å². The van der Waals surface area contributed by atoms with Crippen LogP contribution in [0.4, 0.5) is 4.79 Å². The van der Waals surface area contributed by atoms with E-state index in [2.05, 4.69) is 12.2 Å². The molecule has 0 aliphatic heterocycles. The molecule has 2 N–H and O–H groups in total. The van der Waals surface area contributed by atoms with Crippen molar-refractivity contribution in [2.45, 2.75) is 51.5 Å². The average molecular weight is 329 g/mol. The fraction of sp³-hybridized carbons (Fsp3) is 0.450. The van der Waals surface area contributed by atoms with Gasteiger partial charge in [0.2, 0.25) is 0 Å². The number of methoxy groups -OCH3 is 1. The minimum atomic E-state index is -0.471. The molecule has 0 fully saturated rings. The lowest BCUT2D eigenvalue weighted by molar-refractivity contribution is 0.165. The highest BCUT2D eigenvalue weighted by Gasteiger charge is 2.20. The van der Waals surface area contributed by atoms with Gasteiger partial charge < -0.3 is 15.2 Å². The number of hydrogen-bond acceptors (Lipinski definition) is 3. The molecular formula is C20H27NO3. The maximum absolute atomic E-state index is 11.8. The molecule has 4 nitrogen and oxygen atoms in total. The second kappa shape index (κ2) is 9.16. The van der Waals surface area contributed by atoms with Gasteiger partial charge in [0.25, 0.3) is 0 Å². The Bertz CT molecular complexity index is 669. The quantitative estimate of drug-likeness (QED) is 0.646. The molecule has 1 atom stereocenters. The van der Waals surface area contributed by atoms with Gasteiger partial charge >= 0.3 is 6.09 Å². The number of unbranched alkanes of at least 4 members (excludes halogenated alkanes) is 4. The Balaban J connectivity index is 2.25. The number of nitrogens with one attached hydrogen (secondary N) is 1. The lowest BCUT2D eigenvalue weighted by Crippen LogP contribution is -2.28. The minimum absolute atomic E-state index is 0.212. The third-order valence-corrected chi connectivity index (χ3v) is 4.37. The first kappa shape index (κ1) is 18.1. The van der Waals surface area contributed by atoms with Crippen LogP contribution >= 0.6 is 0 Å². The van der Waals surface area contributed by atoms with Crippen LogP contribution in [-0.2, 0) is 4.74 Å². The Morgan fingerprint density at radius 3 is 2.62 bits per heavy atom. The van der Waals surface area contributed by atoms with Gasteiger partial charge in [0.15, 0.2) is 0 Å². The Labute approximate surface area is 143 Å². The molecule has 24 heavy (non-hydrogen) atoms. The molecule has 1 unspecified atom stereocenters. The number of rotatable bonds is 8. The first-order valence-corrected chi connectivity index (χ1v) is 8.72. The molecule has 0 aliphatic carbocycles. The van der Waals surface area contributed by atoms with Crippen LogP contribution in [0.3, 0.4) is 0 Å². The summed E-state index contributed by atoms with van der Waals surface area (Å²) in [4.78, 5) is 11.8. The topological polar surface area (TPSA) is 58.6 Å². The molecule has 1 amide bonds. The van der Waals surface area contributed by atoms with E-state index in [0.29, 0.717) is 0 Å². The van der Waals surface area contributed by atoms with Crippen molar-refractivity contribution in [1.29, 1.82) is 0 Å². The highest BCUT2D eigenvalue weighted by molar-refractivity contribution is 5.88. The molecule has 2 rings (SSSR count). The highest BCUT2D eigenvalue weighted by atomic mass is 16.5. The average Bonchev–Trinajstić information content (AvgIpc) is 2.60. The van der Waals surface area contributed by atoms with Crippen molar-refractivity contribution in [1.82, 2.24) is 5.32 Å². The van der Waals surface area contributed by atoms with Crippen LogP contribution in [0.15, 0.2) is 36.4 Å². The van der Waals surface area contributed by atoms with E-state index in [1.807, 2.05) is 30.3 Å². The zero-order valence-electron chi connectivity index (χ0n) is 14.5. The molecule has 0 radical (unpaired) electrons. The van der Waals surface area contributed by atoms with E-state index in [1.165, 1.54) is 26.4 Å². The number of benzene rings is 2. The normalized spacial score (nSPS) is 12.1. The second-order valence-electron chi connectivity index (χ2n) is 6.11. The number of fused-ring (bicyclic) bond motifs is 1. The van der Waals surface area contributed by atoms with Crippen molar-refractivity contribution in [3.05, 3.63) is 42.0 Å². The van der Waals surface area contributed by atoms with Crippen LogP contribution in [0, 0.1) is 0 Å². The third kappa shape index (κ3) is 4.63. The number of carbonyl (C=O) groups excluding carboxylic acids is 1. The lowest BCUT2D eigenvalue weighted by Gasteiger charge is -2.21. The van der Waals surface area contributed by atoms with Crippen molar-refractivity contribution in [2.24, 2.45) is 0 Å². The van der Waals surface area contributed by atoms with E-state index < -0.39 is 6.09 Å². The summed E-state index contributed by atoms with van der Waals surface area (Å²) >= 11 is 0. The molecule has 0 bridgehead atoms. The van der Waals surface area contributed by atoms with Gasteiger partial charge in [-0.3, -0.25) is 0 Å². The zero-order valence-corrected chi connectivity index (χ0v) is 14.5. The van der Waals surface area contributed by atoms with E-state index in [-0.39, 0.29) is 11.8 Å². The molecule has 130 valence electrons. The van der Waals surface area contributed by atoms with Crippen molar-refractivity contribution < 1.29 is 14.6 Å². The number of carbonyl (C=O) groups is 1. The van der Waals surface area contributed by atoms with Crippen LogP contribution in [-0.4, -0.2) is 18.3 Å². The Morgan fingerprint density at radius 1 is 1.12 bits per heavy atom. The third-order valence-electron chi connectivity index (χ3n) is 4.37. The van der Waals surface area contributed by atoms with E-state index in [1.54, 1.807) is 6.07 Å². The molecule has 2 aromatic carbocycles. The summed E-state index contributed by atoms with van der Waals surface area (Å²) in [5, 5.41) is 15.3. The number of amides is 1. The lowest BCUT2D eigenvalue weighted by atomic mass is 9.94. The first-order chi connectivity index (χ1) is 11.7. The second-order valence-corrected chi connectivity index (χ2v) is 6.11. The largest absolute Gasteiger partial charge is 0.508 e. The summed E-state index contributed by atoms with van der Waals surface area (Å²) in [5.74, 6) is 0.212. The van der Waals surface area contributed by atoms with E-state index in [4.69, 9.17) is 4.74 Å². The number of aromatic hydroxyl groups is 1. The Kier molecular flexibility index (Phi) is 6.91. The number of phenolic OH excluding ortho intramolecular Hbond substituents is 1. The minimum Gasteiger partial charge on any atom is -0.508 e. The maximum Gasteiger partial charge on any atom is 0.407 e. The van der Waals surface area contributed by atoms with Crippen LogP contribution < -0.4 is 5.32 Å². The van der Waals surface area contributed by atoms with Crippen LogP contribution in [0.2, 0.25) is 0 Å². The summed E-state index contributed by atoms with van der Waals surface area (Å²) in [6, 6.07) is 11.2. The summed E-state index contributed by atoms with van der Waals surface area (Å²) < 4.78 is 4.77. The Morgan fingerprint density at radius 2 is 1.88 bits per heavy atom. The molecule has 0 heterocycles. The van der Waals surface area contributed by atoms with E-state index in [9.17, 15) is 9.90 Å². The molecule has 2 aromatic rings. The molecule has 0 spiro atoms. The monoisotopic (exact) mass is 329 g/mol. The van der Waals surface area contributed by atoms with Crippen molar-refractivity contribution >= 4 is 16.9 Å². The van der Waals surface area contributed by atoms with Crippen molar-refractivity contribution in [3.63, 3.8) is 0 Å². The van der Waals surface area contributed by atoms with Gasteiger partial charge in [-0.15, -0.1) is 0 Å². The maximum atomic E-state index is 11.8. The predicted octanol–water partition coefficient (Wildman–Crippen LogP) is 5.30. The number of alkyl carbamates (subject to hydrolysis) is 1. The van der Waals surface area contributed by atoms with Crippen LogP contribution in [0.1, 0.15) is 57.1 Å². The van der Waals surface area contributed by atoms with Gasteiger partial charge in [-0.2, -0.15) is 0 Å². The summed E-state index contributed by atoms with van der Waals surface area (Å²) in [5.41, 5.74) is 0.772. The molecular weight excluding hydrogens is 302 g/mol. The summed E-state index contributed by atoms with van der Waals surface area (Å²) in [7, 11) is 1.36. The number of hydrogen-bond donors (Lipinski definition) is 2. The van der Waals surface area contributed by atoms with Gasteiger partial charge in [0.1, 0.15) is 5.75 Å². The summed E-state index contributed by atoms with van der Waals surface area (Å²) in [6.45, 7) is 2.19. The standard InChI is InChI=1S/C20H27NO3/c1-3-4-5-6-7-12-17(21-20(23)24-2)19-16-11-9-8-10-15(16)13-14-18(19)22/h8-11,13-14,17,22H,3-7,12H2,1-2H3,(H,21,23). The molecule has 0 aromatic heterocycles.